The fourth-order valence-corrected chi connectivity index (χ4v) is 2.99. The van der Waals surface area contributed by atoms with E-state index in [4.69, 9.17) is 9.47 Å². The first kappa shape index (κ1) is 21.5. The lowest BCUT2D eigenvalue weighted by molar-refractivity contribution is -0.156. The molecule has 1 heterocycles. The minimum Gasteiger partial charge on any atom is -0.489 e. The molecule has 1 aliphatic rings. The van der Waals surface area contributed by atoms with Gasteiger partial charge in [0.25, 0.3) is 0 Å². The van der Waals surface area contributed by atoms with Crippen molar-refractivity contribution in [2.24, 2.45) is 0 Å². The summed E-state index contributed by atoms with van der Waals surface area (Å²) in [7, 11) is 0. The Kier molecular flexibility index (Phi) is 7.11. The molecular weight excluding hydrogens is 361 g/mol. The van der Waals surface area contributed by atoms with Gasteiger partial charge >= 0.3 is 12.1 Å². The van der Waals surface area contributed by atoms with Crippen molar-refractivity contribution in [3.05, 3.63) is 29.3 Å². The molecule has 0 saturated carbocycles. The van der Waals surface area contributed by atoms with Gasteiger partial charge in [0.1, 0.15) is 18.0 Å². The predicted molar refractivity (Wildman–Crippen MR) is 95.5 cm³/mol. The Balaban J connectivity index is 2.20. The van der Waals surface area contributed by atoms with Gasteiger partial charge in [-0.2, -0.15) is 13.2 Å². The van der Waals surface area contributed by atoms with Crippen LogP contribution in [0.25, 0.3) is 0 Å². The molecule has 0 aromatic heterocycles. The minimum atomic E-state index is -4.41. The summed E-state index contributed by atoms with van der Waals surface area (Å²) in [5, 5.41) is 3.28. The van der Waals surface area contributed by atoms with Crippen molar-refractivity contribution in [3.63, 3.8) is 0 Å². The molecule has 1 aromatic rings. The van der Waals surface area contributed by atoms with Crippen LogP contribution in [0.1, 0.15) is 38.3 Å². The first-order chi connectivity index (χ1) is 12.6. The van der Waals surface area contributed by atoms with E-state index < -0.39 is 23.3 Å². The molecule has 1 N–H and O–H groups in total. The Morgan fingerprint density at radius 2 is 1.96 bits per heavy atom. The molecule has 8 heteroatoms. The maximum absolute atomic E-state index is 13.1. The first-order valence-corrected chi connectivity index (χ1v) is 9.02. The third-order valence-corrected chi connectivity index (χ3v) is 4.21. The molecule has 2 rings (SSSR count). The van der Waals surface area contributed by atoms with E-state index in [1.807, 2.05) is 0 Å². The average Bonchev–Trinajstić information content (AvgIpc) is 2.80. The molecule has 0 radical (unpaired) electrons. The summed E-state index contributed by atoms with van der Waals surface area (Å²) in [6.45, 7) is 8.38. The van der Waals surface area contributed by atoms with Crippen molar-refractivity contribution >= 4 is 5.97 Å². The maximum Gasteiger partial charge on any atom is 0.416 e. The van der Waals surface area contributed by atoms with Crippen LogP contribution >= 0.6 is 0 Å². The molecule has 0 unspecified atom stereocenters. The van der Waals surface area contributed by atoms with Crippen LogP contribution in [0.15, 0.2) is 18.2 Å². The standard InChI is InChI=1S/C19H27F3N2O3/c1-14(25)27-18(2,3)13-26-17-6-5-16(19(20,21)22)11-15(17)12-24-9-4-7-23-8-10-24/h5-6,11,23H,4,7-10,12-13H2,1-3H3. The number of carbonyl (C=O) groups excluding carboxylic acids is 1. The quantitative estimate of drug-likeness (QED) is 0.759. The van der Waals surface area contributed by atoms with Crippen LogP contribution in [-0.2, 0) is 22.3 Å². The zero-order valence-corrected chi connectivity index (χ0v) is 16.0. The number of alkyl halides is 3. The Labute approximate surface area is 157 Å². The molecule has 0 aliphatic carbocycles. The average molecular weight is 388 g/mol. The van der Waals surface area contributed by atoms with Crippen LogP contribution in [0.4, 0.5) is 13.2 Å². The van der Waals surface area contributed by atoms with Crippen LogP contribution < -0.4 is 10.1 Å². The lowest BCUT2D eigenvalue weighted by Gasteiger charge is -2.26. The van der Waals surface area contributed by atoms with Gasteiger partial charge in [0.15, 0.2) is 0 Å². The van der Waals surface area contributed by atoms with E-state index in [0.29, 0.717) is 17.9 Å². The largest absolute Gasteiger partial charge is 0.489 e. The molecule has 1 saturated heterocycles. The second-order valence-electron chi connectivity index (χ2n) is 7.34. The van der Waals surface area contributed by atoms with Crippen molar-refractivity contribution in [1.29, 1.82) is 0 Å². The van der Waals surface area contributed by atoms with Gasteiger partial charge in [-0.25, -0.2) is 0 Å². The van der Waals surface area contributed by atoms with E-state index in [9.17, 15) is 18.0 Å². The molecule has 5 nitrogen and oxygen atoms in total. The van der Waals surface area contributed by atoms with Crippen LogP contribution in [0.2, 0.25) is 0 Å². The number of nitrogens with zero attached hydrogens (tertiary/aromatic N) is 1. The third-order valence-electron chi connectivity index (χ3n) is 4.21. The molecule has 1 aromatic carbocycles. The Morgan fingerprint density at radius 1 is 1.22 bits per heavy atom. The predicted octanol–water partition coefficient (Wildman–Crippen LogP) is 3.22. The molecule has 1 fully saturated rings. The van der Waals surface area contributed by atoms with Crippen molar-refractivity contribution in [3.8, 4) is 5.75 Å². The number of hydrogen-bond donors (Lipinski definition) is 1. The fourth-order valence-electron chi connectivity index (χ4n) is 2.99. The number of esters is 1. The van der Waals surface area contributed by atoms with Gasteiger partial charge in [0.2, 0.25) is 0 Å². The van der Waals surface area contributed by atoms with Gasteiger partial charge in [0, 0.05) is 32.1 Å². The van der Waals surface area contributed by atoms with Gasteiger partial charge in [0.05, 0.1) is 5.56 Å². The lowest BCUT2D eigenvalue weighted by Crippen LogP contribution is -2.34. The molecule has 152 valence electrons. The van der Waals surface area contributed by atoms with E-state index in [-0.39, 0.29) is 6.61 Å². The second-order valence-corrected chi connectivity index (χ2v) is 7.34. The zero-order valence-electron chi connectivity index (χ0n) is 16.0. The summed E-state index contributed by atoms with van der Waals surface area (Å²) in [6, 6.07) is 3.51. The van der Waals surface area contributed by atoms with E-state index >= 15 is 0 Å². The maximum atomic E-state index is 13.1. The van der Waals surface area contributed by atoms with Crippen molar-refractivity contribution < 1.29 is 27.4 Å². The third kappa shape index (κ3) is 7.03. The summed E-state index contributed by atoms with van der Waals surface area (Å²) >= 11 is 0. The minimum absolute atomic E-state index is 0.0481. The number of carbonyl (C=O) groups is 1. The van der Waals surface area contributed by atoms with E-state index in [1.54, 1.807) is 13.8 Å². The van der Waals surface area contributed by atoms with Crippen LogP contribution in [0.3, 0.4) is 0 Å². The Bertz CT molecular complexity index is 640. The number of benzene rings is 1. The molecule has 0 bridgehead atoms. The number of rotatable bonds is 6. The van der Waals surface area contributed by atoms with Crippen LogP contribution in [0, 0.1) is 0 Å². The summed E-state index contributed by atoms with van der Waals surface area (Å²) in [4.78, 5) is 13.3. The summed E-state index contributed by atoms with van der Waals surface area (Å²) in [5.74, 6) is -0.0613. The van der Waals surface area contributed by atoms with Gasteiger partial charge in [-0.05, 0) is 51.6 Å². The van der Waals surface area contributed by atoms with Gasteiger partial charge < -0.3 is 14.8 Å². The highest BCUT2D eigenvalue weighted by molar-refractivity contribution is 5.66. The van der Waals surface area contributed by atoms with Gasteiger partial charge in [-0.3, -0.25) is 9.69 Å². The molecule has 0 amide bonds. The van der Waals surface area contributed by atoms with Crippen molar-refractivity contribution in [1.82, 2.24) is 10.2 Å². The highest BCUT2D eigenvalue weighted by Crippen LogP contribution is 2.33. The zero-order chi connectivity index (χ0) is 20.1. The van der Waals surface area contributed by atoms with Crippen molar-refractivity contribution in [2.45, 2.75) is 45.5 Å². The second kappa shape index (κ2) is 8.93. The summed E-state index contributed by atoms with van der Waals surface area (Å²) in [5.41, 5.74) is -1.10. The van der Waals surface area contributed by atoms with Crippen LogP contribution in [0.5, 0.6) is 5.75 Å². The van der Waals surface area contributed by atoms with E-state index in [2.05, 4.69) is 10.2 Å². The SMILES string of the molecule is CC(=O)OC(C)(C)COc1ccc(C(F)(F)F)cc1CN1CCCNCC1. The molecule has 1 aliphatic heterocycles. The summed E-state index contributed by atoms with van der Waals surface area (Å²) in [6.07, 6.45) is -3.47. The number of nitrogens with one attached hydrogen (secondary N) is 1. The number of hydrogen-bond acceptors (Lipinski definition) is 5. The monoisotopic (exact) mass is 388 g/mol. The smallest absolute Gasteiger partial charge is 0.416 e. The van der Waals surface area contributed by atoms with E-state index in [1.165, 1.54) is 13.0 Å². The van der Waals surface area contributed by atoms with E-state index in [0.717, 1.165) is 44.7 Å². The number of ether oxygens (including phenoxy) is 2. The van der Waals surface area contributed by atoms with Gasteiger partial charge in [-0.15, -0.1) is 0 Å². The highest BCUT2D eigenvalue weighted by atomic mass is 19.4. The Morgan fingerprint density at radius 3 is 2.63 bits per heavy atom. The van der Waals surface area contributed by atoms with Gasteiger partial charge in [-0.1, -0.05) is 0 Å². The molecule has 0 spiro atoms. The normalized spacial score (nSPS) is 16.7. The van der Waals surface area contributed by atoms with Crippen LogP contribution in [-0.4, -0.2) is 49.3 Å². The molecule has 27 heavy (non-hydrogen) atoms. The Hall–Kier alpha value is -1.80. The fraction of sp³-hybridized carbons (Fsp3) is 0.632. The molecular formula is C19H27F3N2O3. The molecule has 0 atom stereocenters. The number of halogens is 3. The summed E-state index contributed by atoms with van der Waals surface area (Å²) < 4.78 is 50.4. The van der Waals surface area contributed by atoms with Crippen molar-refractivity contribution in [2.75, 3.05) is 32.8 Å². The highest BCUT2D eigenvalue weighted by Gasteiger charge is 2.32. The first-order valence-electron chi connectivity index (χ1n) is 9.02. The topological polar surface area (TPSA) is 50.8 Å². The lowest BCUT2D eigenvalue weighted by atomic mass is 10.1.